The summed E-state index contributed by atoms with van der Waals surface area (Å²) < 4.78 is 14.3. The Morgan fingerprint density at radius 1 is 1.15 bits per heavy atom. The van der Waals surface area contributed by atoms with Crippen LogP contribution in [0.25, 0.3) is 0 Å². The van der Waals surface area contributed by atoms with E-state index in [1.165, 1.54) is 12.1 Å². The molecule has 4 heteroatoms. The summed E-state index contributed by atoms with van der Waals surface area (Å²) in [6, 6.07) is 12.1. The first-order valence-corrected chi connectivity index (χ1v) is 6.98. The number of nitrogens with one attached hydrogen (secondary N) is 1. The largest absolute Gasteiger partial charge is 0.366 e. The highest BCUT2D eigenvalue weighted by Gasteiger charge is 2.14. The Kier molecular flexibility index (Phi) is 4.41. The second kappa shape index (κ2) is 6.06. The zero-order valence-corrected chi connectivity index (χ0v) is 12.8. The van der Waals surface area contributed by atoms with E-state index in [-0.39, 0.29) is 5.82 Å². The SMILES string of the molecule is Cc1cc(F)cc(NC(C#N)c2ccc(C)cc2Br)c1. The number of nitrogens with zero attached hydrogens (tertiary/aromatic N) is 1. The van der Waals surface area contributed by atoms with E-state index < -0.39 is 6.04 Å². The molecule has 20 heavy (non-hydrogen) atoms. The van der Waals surface area contributed by atoms with Gasteiger partial charge in [-0.3, -0.25) is 0 Å². The number of nitriles is 1. The quantitative estimate of drug-likeness (QED) is 0.869. The Bertz CT molecular complexity index is 656. The third-order valence-corrected chi connectivity index (χ3v) is 3.64. The molecule has 0 amide bonds. The van der Waals surface area contributed by atoms with Crippen molar-refractivity contribution in [1.29, 1.82) is 5.26 Å². The van der Waals surface area contributed by atoms with Gasteiger partial charge in [-0.2, -0.15) is 5.26 Å². The zero-order valence-electron chi connectivity index (χ0n) is 11.2. The van der Waals surface area contributed by atoms with Crippen LogP contribution in [0.5, 0.6) is 0 Å². The van der Waals surface area contributed by atoms with Crippen molar-refractivity contribution in [3.63, 3.8) is 0 Å². The van der Waals surface area contributed by atoms with Crippen LogP contribution in [0.1, 0.15) is 22.7 Å². The van der Waals surface area contributed by atoms with Crippen LogP contribution in [-0.2, 0) is 0 Å². The van der Waals surface area contributed by atoms with Crippen molar-refractivity contribution < 1.29 is 4.39 Å². The van der Waals surface area contributed by atoms with Gasteiger partial charge in [-0.1, -0.05) is 28.1 Å². The van der Waals surface area contributed by atoms with Crippen LogP contribution in [0.15, 0.2) is 40.9 Å². The fourth-order valence-corrected chi connectivity index (χ4v) is 2.75. The van der Waals surface area contributed by atoms with Crippen LogP contribution in [0.3, 0.4) is 0 Å². The Balaban J connectivity index is 2.31. The fourth-order valence-electron chi connectivity index (χ4n) is 2.03. The maximum absolute atomic E-state index is 13.4. The summed E-state index contributed by atoms with van der Waals surface area (Å²) in [5, 5.41) is 12.4. The first-order chi connectivity index (χ1) is 9.49. The summed E-state index contributed by atoms with van der Waals surface area (Å²) in [6.07, 6.45) is 0. The Morgan fingerprint density at radius 2 is 1.90 bits per heavy atom. The molecule has 0 spiro atoms. The van der Waals surface area contributed by atoms with E-state index in [1.54, 1.807) is 0 Å². The molecule has 2 rings (SSSR count). The Labute approximate surface area is 126 Å². The minimum Gasteiger partial charge on any atom is -0.366 e. The normalized spacial score (nSPS) is 11.8. The molecule has 2 nitrogen and oxygen atoms in total. The number of anilines is 1. The van der Waals surface area contributed by atoms with Gasteiger partial charge in [0.15, 0.2) is 0 Å². The molecule has 1 unspecified atom stereocenters. The number of aryl methyl sites for hydroxylation is 2. The molecule has 2 aromatic carbocycles. The van der Waals surface area contributed by atoms with Gasteiger partial charge in [-0.25, -0.2) is 4.39 Å². The van der Waals surface area contributed by atoms with Crippen LogP contribution in [0.4, 0.5) is 10.1 Å². The van der Waals surface area contributed by atoms with Gasteiger partial charge in [0, 0.05) is 15.7 Å². The molecular formula is C16H14BrFN2. The standard InChI is InChI=1S/C16H14BrFN2/c1-10-3-4-14(15(17)7-10)16(9-19)20-13-6-11(2)5-12(18)8-13/h3-8,16,20H,1-2H3. The molecule has 2 aromatic rings. The Morgan fingerprint density at radius 3 is 2.50 bits per heavy atom. The third-order valence-electron chi connectivity index (χ3n) is 2.95. The highest BCUT2D eigenvalue weighted by Crippen LogP contribution is 2.27. The van der Waals surface area contributed by atoms with Gasteiger partial charge in [0.2, 0.25) is 0 Å². The van der Waals surface area contributed by atoms with E-state index in [1.807, 2.05) is 38.1 Å². The van der Waals surface area contributed by atoms with Crippen molar-refractivity contribution in [2.24, 2.45) is 0 Å². The number of halogens is 2. The van der Waals surface area contributed by atoms with Gasteiger partial charge in [-0.15, -0.1) is 0 Å². The van der Waals surface area contributed by atoms with E-state index in [2.05, 4.69) is 27.3 Å². The molecule has 102 valence electrons. The average molecular weight is 333 g/mol. The monoisotopic (exact) mass is 332 g/mol. The average Bonchev–Trinajstić information content (AvgIpc) is 2.35. The van der Waals surface area contributed by atoms with Crippen LogP contribution >= 0.6 is 15.9 Å². The second-order valence-corrected chi connectivity index (χ2v) is 5.60. The molecule has 0 aliphatic carbocycles. The summed E-state index contributed by atoms with van der Waals surface area (Å²) in [5.41, 5.74) is 3.35. The maximum atomic E-state index is 13.4. The Hall–Kier alpha value is -1.86. The second-order valence-electron chi connectivity index (χ2n) is 4.75. The number of benzene rings is 2. The van der Waals surface area contributed by atoms with E-state index >= 15 is 0 Å². The van der Waals surface area contributed by atoms with Gasteiger partial charge in [0.05, 0.1) is 6.07 Å². The summed E-state index contributed by atoms with van der Waals surface area (Å²) >= 11 is 3.47. The molecule has 0 aromatic heterocycles. The van der Waals surface area contributed by atoms with Crippen molar-refractivity contribution in [1.82, 2.24) is 0 Å². The molecule has 1 atom stereocenters. The van der Waals surface area contributed by atoms with E-state index in [0.29, 0.717) is 5.69 Å². The minimum absolute atomic E-state index is 0.313. The predicted octanol–water partition coefficient (Wildman–Crippen LogP) is 4.88. The smallest absolute Gasteiger partial charge is 0.141 e. The lowest BCUT2D eigenvalue weighted by Gasteiger charge is -2.16. The molecule has 1 N–H and O–H groups in total. The minimum atomic E-state index is -0.536. The van der Waals surface area contributed by atoms with Crippen LogP contribution < -0.4 is 5.32 Å². The van der Waals surface area contributed by atoms with Crippen molar-refractivity contribution in [3.05, 3.63) is 63.4 Å². The first kappa shape index (κ1) is 14.5. The lowest BCUT2D eigenvalue weighted by molar-refractivity contribution is 0.627. The van der Waals surface area contributed by atoms with Crippen molar-refractivity contribution in [2.75, 3.05) is 5.32 Å². The summed E-state index contributed by atoms with van der Waals surface area (Å²) in [6.45, 7) is 3.80. The summed E-state index contributed by atoms with van der Waals surface area (Å²) in [7, 11) is 0. The molecular weight excluding hydrogens is 319 g/mol. The topological polar surface area (TPSA) is 35.8 Å². The zero-order chi connectivity index (χ0) is 14.7. The lowest BCUT2D eigenvalue weighted by atomic mass is 10.1. The molecule has 0 aliphatic rings. The summed E-state index contributed by atoms with van der Waals surface area (Å²) in [4.78, 5) is 0. The predicted molar refractivity (Wildman–Crippen MR) is 82.0 cm³/mol. The maximum Gasteiger partial charge on any atom is 0.141 e. The summed E-state index contributed by atoms with van der Waals surface area (Å²) in [5.74, 6) is -0.313. The van der Waals surface area contributed by atoms with Crippen molar-refractivity contribution >= 4 is 21.6 Å². The van der Waals surface area contributed by atoms with Crippen molar-refractivity contribution in [2.45, 2.75) is 19.9 Å². The third kappa shape index (κ3) is 3.37. The number of hydrogen-bond acceptors (Lipinski definition) is 2. The van der Waals surface area contributed by atoms with Gasteiger partial charge < -0.3 is 5.32 Å². The van der Waals surface area contributed by atoms with Gasteiger partial charge >= 0.3 is 0 Å². The van der Waals surface area contributed by atoms with E-state index in [9.17, 15) is 9.65 Å². The molecule has 0 fully saturated rings. The molecule has 0 radical (unpaired) electrons. The van der Waals surface area contributed by atoms with Crippen LogP contribution in [0.2, 0.25) is 0 Å². The highest BCUT2D eigenvalue weighted by molar-refractivity contribution is 9.10. The van der Waals surface area contributed by atoms with Gasteiger partial charge in [0.1, 0.15) is 11.9 Å². The first-order valence-electron chi connectivity index (χ1n) is 6.19. The highest BCUT2D eigenvalue weighted by atomic mass is 79.9. The van der Waals surface area contributed by atoms with E-state index in [4.69, 9.17) is 0 Å². The number of rotatable bonds is 3. The molecule has 0 heterocycles. The van der Waals surface area contributed by atoms with E-state index in [0.717, 1.165) is 21.2 Å². The van der Waals surface area contributed by atoms with Crippen molar-refractivity contribution in [3.8, 4) is 6.07 Å². The van der Waals surface area contributed by atoms with Gasteiger partial charge in [-0.05, 0) is 49.2 Å². The molecule has 0 bridgehead atoms. The molecule has 0 saturated heterocycles. The van der Waals surface area contributed by atoms with Gasteiger partial charge in [0.25, 0.3) is 0 Å². The molecule has 0 saturated carbocycles. The fraction of sp³-hybridized carbons (Fsp3) is 0.188. The molecule has 0 aliphatic heterocycles. The lowest BCUT2D eigenvalue weighted by Crippen LogP contribution is -2.09. The number of hydrogen-bond donors (Lipinski definition) is 1. The van der Waals surface area contributed by atoms with Crippen LogP contribution in [0, 0.1) is 31.0 Å². The van der Waals surface area contributed by atoms with Crippen LogP contribution in [-0.4, -0.2) is 0 Å².